The molecular weight excluding hydrogens is 474 g/mol. The Kier molecular flexibility index (Phi) is 7.47. The van der Waals surface area contributed by atoms with Crippen molar-refractivity contribution in [1.29, 1.82) is 0 Å². The lowest BCUT2D eigenvalue weighted by atomic mass is 9.99. The summed E-state index contributed by atoms with van der Waals surface area (Å²) in [6, 6.07) is 15.1. The van der Waals surface area contributed by atoms with Crippen LogP contribution in [0.25, 0.3) is 11.0 Å². The van der Waals surface area contributed by atoms with Crippen molar-refractivity contribution in [1.82, 2.24) is 25.2 Å². The maximum atomic E-state index is 14.0. The number of benzene rings is 2. The van der Waals surface area contributed by atoms with E-state index in [2.05, 4.69) is 15.6 Å². The number of rotatable bonds is 9. The minimum Gasteiger partial charge on any atom is -0.493 e. The van der Waals surface area contributed by atoms with Gasteiger partial charge in [0.15, 0.2) is 11.5 Å². The lowest BCUT2D eigenvalue weighted by Gasteiger charge is -2.34. The van der Waals surface area contributed by atoms with Gasteiger partial charge in [-0.25, -0.2) is 4.68 Å². The third kappa shape index (κ3) is 5.74. The van der Waals surface area contributed by atoms with Gasteiger partial charge < -0.3 is 24.1 Å². The first kappa shape index (κ1) is 25.7. The van der Waals surface area contributed by atoms with Crippen molar-refractivity contribution in [2.45, 2.75) is 45.4 Å². The molecule has 4 aromatic rings. The monoisotopic (exact) mass is 505 g/mol. The van der Waals surface area contributed by atoms with Crippen LogP contribution in [0.4, 0.5) is 0 Å². The molecule has 4 rings (SSSR count). The van der Waals surface area contributed by atoms with Crippen molar-refractivity contribution in [3.63, 3.8) is 0 Å². The first-order chi connectivity index (χ1) is 17.7. The molecule has 0 radical (unpaired) electrons. The molecule has 0 aliphatic heterocycles. The average Bonchev–Trinajstić information content (AvgIpc) is 3.52. The Labute approximate surface area is 215 Å². The number of hydrogen-bond donors (Lipinski definition) is 1. The predicted molar refractivity (Wildman–Crippen MR) is 137 cm³/mol. The Morgan fingerprint density at radius 2 is 1.84 bits per heavy atom. The summed E-state index contributed by atoms with van der Waals surface area (Å²) in [4.78, 5) is 29.3. The highest BCUT2D eigenvalue weighted by molar-refractivity contribution is 5.90. The number of methoxy groups -OCH3 is 2. The number of para-hydroxylation sites is 2. The molecule has 0 fully saturated rings. The fourth-order valence-electron chi connectivity index (χ4n) is 4.16. The molecule has 2 aromatic carbocycles. The van der Waals surface area contributed by atoms with E-state index in [0.717, 1.165) is 0 Å². The third-order valence-electron chi connectivity index (χ3n) is 5.72. The molecule has 0 saturated heterocycles. The van der Waals surface area contributed by atoms with Gasteiger partial charge in [0.2, 0.25) is 11.8 Å². The van der Waals surface area contributed by atoms with E-state index in [1.165, 1.54) is 30.1 Å². The van der Waals surface area contributed by atoms with Gasteiger partial charge in [-0.05, 0) is 51.1 Å². The first-order valence-electron chi connectivity index (χ1n) is 11.8. The van der Waals surface area contributed by atoms with E-state index in [9.17, 15) is 9.59 Å². The SMILES string of the molecule is COc1cccc([C@H](C(=O)NC(C)(C)C)N(Cc2ccco2)C(=O)Cn2nnc3ccccc32)c1OC. The molecule has 0 saturated carbocycles. The number of hydrogen-bond acceptors (Lipinski definition) is 7. The second-order valence-corrected chi connectivity index (χ2v) is 9.56. The average molecular weight is 506 g/mol. The maximum Gasteiger partial charge on any atom is 0.248 e. The van der Waals surface area contributed by atoms with Gasteiger partial charge in [0.1, 0.15) is 23.9 Å². The lowest BCUT2D eigenvalue weighted by molar-refractivity contribution is -0.143. The number of ether oxygens (including phenoxy) is 2. The van der Waals surface area contributed by atoms with Gasteiger partial charge in [-0.15, -0.1) is 5.10 Å². The minimum atomic E-state index is -1.06. The standard InChI is InChI=1S/C27H31N5O5/c1-27(2,3)28-26(34)24(19-11-8-14-22(35-4)25(19)36-5)31(16-18-10-9-15-37-18)23(33)17-32-21-13-7-6-12-20(21)29-30-32/h6-15,24H,16-17H2,1-5H3,(H,28,34)/t24-/m1/s1. The van der Waals surface area contributed by atoms with Crippen LogP contribution in [-0.4, -0.2) is 51.5 Å². The smallest absolute Gasteiger partial charge is 0.248 e. The molecule has 1 N–H and O–H groups in total. The molecular formula is C27H31N5O5. The van der Waals surface area contributed by atoms with Crippen molar-refractivity contribution in [2.24, 2.45) is 0 Å². The molecule has 37 heavy (non-hydrogen) atoms. The molecule has 194 valence electrons. The first-order valence-corrected chi connectivity index (χ1v) is 11.8. The normalized spacial score (nSPS) is 12.2. The summed E-state index contributed by atoms with van der Waals surface area (Å²) in [5.41, 5.74) is 1.31. The topological polar surface area (TPSA) is 112 Å². The highest BCUT2D eigenvalue weighted by atomic mass is 16.5. The highest BCUT2D eigenvalue weighted by Crippen LogP contribution is 2.38. The molecule has 0 unspecified atom stereocenters. The van der Waals surface area contributed by atoms with Crippen LogP contribution < -0.4 is 14.8 Å². The fourth-order valence-corrected chi connectivity index (χ4v) is 4.16. The number of carbonyl (C=O) groups excluding carboxylic acids is 2. The Balaban J connectivity index is 1.82. The molecule has 2 aromatic heterocycles. The molecule has 0 spiro atoms. The van der Waals surface area contributed by atoms with Crippen molar-refractivity contribution in [3.8, 4) is 11.5 Å². The summed E-state index contributed by atoms with van der Waals surface area (Å²) in [6.07, 6.45) is 1.53. The number of carbonyl (C=O) groups is 2. The molecule has 10 nitrogen and oxygen atoms in total. The van der Waals surface area contributed by atoms with Crippen molar-refractivity contribution < 1.29 is 23.5 Å². The molecule has 0 aliphatic rings. The van der Waals surface area contributed by atoms with E-state index in [-0.39, 0.29) is 24.9 Å². The fraction of sp³-hybridized carbons (Fsp3) is 0.333. The van der Waals surface area contributed by atoms with Gasteiger partial charge in [0.05, 0.1) is 32.5 Å². The summed E-state index contributed by atoms with van der Waals surface area (Å²) in [5.74, 6) is 0.601. The van der Waals surface area contributed by atoms with Gasteiger partial charge >= 0.3 is 0 Å². The Bertz CT molecular complexity index is 1370. The van der Waals surface area contributed by atoms with Gasteiger partial charge in [-0.2, -0.15) is 0 Å². The Hall–Kier alpha value is -4.34. The zero-order valence-corrected chi connectivity index (χ0v) is 21.6. The lowest BCUT2D eigenvalue weighted by Crippen LogP contribution is -2.49. The van der Waals surface area contributed by atoms with E-state index in [4.69, 9.17) is 13.9 Å². The van der Waals surface area contributed by atoms with Crippen molar-refractivity contribution >= 4 is 22.8 Å². The number of aromatic nitrogens is 3. The van der Waals surface area contributed by atoms with Crippen LogP contribution in [0.2, 0.25) is 0 Å². The van der Waals surface area contributed by atoms with E-state index in [1.807, 2.05) is 45.0 Å². The van der Waals surface area contributed by atoms with Crippen LogP contribution in [0.15, 0.2) is 65.3 Å². The van der Waals surface area contributed by atoms with Crippen molar-refractivity contribution in [3.05, 3.63) is 72.2 Å². The van der Waals surface area contributed by atoms with Gasteiger partial charge in [-0.1, -0.05) is 29.5 Å². The number of nitrogens with zero attached hydrogens (tertiary/aromatic N) is 4. The van der Waals surface area contributed by atoms with Crippen LogP contribution in [0.1, 0.15) is 38.1 Å². The summed E-state index contributed by atoms with van der Waals surface area (Å²) >= 11 is 0. The minimum absolute atomic E-state index is 0.0427. The van der Waals surface area contributed by atoms with Crippen LogP contribution in [0, 0.1) is 0 Å². The maximum absolute atomic E-state index is 14.0. The summed E-state index contributed by atoms with van der Waals surface area (Å²) < 4.78 is 18.2. The van der Waals surface area contributed by atoms with Crippen LogP contribution in [0.5, 0.6) is 11.5 Å². The quantitative estimate of drug-likeness (QED) is 0.369. The molecule has 10 heteroatoms. The molecule has 0 aliphatic carbocycles. The highest BCUT2D eigenvalue weighted by Gasteiger charge is 2.36. The number of fused-ring (bicyclic) bond motifs is 1. The zero-order chi connectivity index (χ0) is 26.6. The van der Waals surface area contributed by atoms with E-state index in [1.54, 1.807) is 30.3 Å². The van der Waals surface area contributed by atoms with Crippen LogP contribution in [0.3, 0.4) is 0 Å². The summed E-state index contributed by atoms with van der Waals surface area (Å²) in [7, 11) is 3.02. The second kappa shape index (κ2) is 10.7. The Morgan fingerprint density at radius 1 is 1.05 bits per heavy atom. The predicted octanol–water partition coefficient (Wildman–Crippen LogP) is 3.73. The number of furan rings is 1. The van der Waals surface area contributed by atoms with Crippen molar-refractivity contribution in [2.75, 3.05) is 14.2 Å². The zero-order valence-electron chi connectivity index (χ0n) is 21.6. The molecule has 1 atom stereocenters. The van der Waals surface area contributed by atoms with Crippen LogP contribution >= 0.6 is 0 Å². The van der Waals surface area contributed by atoms with Gasteiger partial charge in [-0.3, -0.25) is 9.59 Å². The van der Waals surface area contributed by atoms with Gasteiger partial charge in [0, 0.05) is 11.1 Å². The van der Waals surface area contributed by atoms with E-state index >= 15 is 0 Å². The third-order valence-corrected chi connectivity index (χ3v) is 5.72. The second-order valence-electron chi connectivity index (χ2n) is 9.56. The van der Waals surface area contributed by atoms with Gasteiger partial charge in [0.25, 0.3) is 0 Å². The largest absolute Gasteiger partial charge is 0.493 e. The molecule has 2 heterocycles. The summed E-state index contributed by atoms with van der Waals surface area (Å²) in [5, 5.41) is 11.3. The molecule has 2 amide bonds. The van der Waals surface area contributed by atoms with Crippen LogP contribution in [-0.2, 0) is 22.7 Å². The van der Waals surface area contributed by atoms with E-state index < -0.39 is 11.6 Å². The Morgan fingerprint density at radius 3 is 2.51 bits per heavy atom. The number of nitrogens with one attached hydrogen (secondary N) is 1. The van der Waals surface area contributed by atoms with E-state index in [0.29, 0.717) is 33.9 Å². The number of amides is 2. The molecule has 0 bridgehead atoms. The summed E-state index contributed by atoms with van der Waals surface area (Å²) in [6.45, 7) is 5.55.